The number of hydrogen-bond donors (Lipinski definition) is 0. The van der Waals surface area contributed by atoms with Crippen molar-refractivity contribution < 1.29 is 9.47 Å². The van der Waals surface area contributed by atoms with Crippen LogP contribution in [-0.2, 0) is 12.8 Å². The Hall–Kier alpha value is -3.08. The molecule has 0 bridgehead atoms. The lowest BCUT2D eigenvalue weighted by atomic mass is 10.1. The van der Waals surface area contributed by atoms with Crippen molar-refractivity contribution in [2.24, 2.45) is 0 Å². The highest BCUT2D eigenvalue weighted by atomic mass is 16.5. The summed E-state index contributed by atoms with van der Waals surface area (Å²) in [6.45, 7) is 2.76. The molecule has 0 aliphatic rings. The zero-order valence-corrected chi connectivity index (χ0v) is 17.1. The Balaban J connectivity index is 1.64. The molecule has 0 N–H and O–H groups in total. The molecule has 0 unspecified atom stereocenters. The molecule has 0 saturated heterocycles. The SMILES string of the molecule is CCCc1ccc(-n2ccnc(CCCCOc3ccccc3)c2=O)cc1OC. The lowest BCUT2D eigenvalue weighted by molar-refractivity contribution is 0.306. The molecule has 3 aromatic rings. The zero-order valence-electron chi connectivity index (χ0n) is 17.1. The summed E-state index contributed by atoms with van der Waals surface area (Å²) in [5.41, 5.74) is 2.44. The fraction of sp³-hybridized carbons (Fsp3) is 0.333. The van der Waals surface area contributed by atoms with Crippen molar-refractivity contribution in [3.05, 3.63) is 82.5 Å². The van der Waals surface area contributed by atoms with E-state index in [1.807, 2.05) is 48.5 Å². The Bertz CT molecular complexity index is 967. The van der Waals surface area contributed by atoms with Crippen LogP contribution in [0.1, 0.15) is 37.4 Å². The van der Waals surface area contributed by atoms with Crippen molar-refractivity contribution in [1.29, 1.82) is 0 Å². The third-order valence-corrected chi connectivity index (χ3v) is 4.80. The first-order valence-electron chi connectivity index (χ1n) is 10.1. The first-order valence-corrected chi connectivity index (χ1v) is 10.1. The molecule has 152 valence electrons. The van der Waals surface area contributed by atoms with E-state index < -0.39 is 0 Å². The van der Waals surface area contributed by atoms with E-state index in [2.05, 4.69) is 11.9 Å². The van der Waals surface area contributed by atoms with Gasteiger partial charge in [0, 0.05) is 18.5 Å². The Morgan fingerprint density at radius 2 is 1.86 bits per heavy atom. The molecule has 2 aromatic carbocycles. The van der Waals surface area contributed by atoms with E-state index in [1.54, 1.807) is 24.1 Å². The summed E-state index contributed by atoms with van der Waals surface area (Å²) in [6.07, 6.45) is 7.72. The minimum atomic E-state index is -0.0817. The van der Waals surface area contributed by atoms with Crippen molar-refractivity contribution in [3.8, 4) is 17.2 Å². The van der Waals surface area contributed by atoms with Crippen LogP contribution in [0, 0.1) is 0 Å². The number of ether oxygens (including phenoxy) is 2. The minimum absolute atomic E-state index is 0.0817. The molecule has 0 atom stereocenters. The number of benzene rings is 2. The van der Waals surface area contributed by atoms with Gasteiger partial charge in [-0.25, -0.2) is 0 Å². The summed E-state index contributed by atoms with van der Waals surface area (Å²) in [5, 5.41) is 0. The van der Waals surface area contributed by atoms with Crippen LogP contribution in [0.3, 0.4) is 0 Å². The molecule has 1 heterocycles. The molecule has 0 aliphatic heterocycles. The van der Waals surface area contributed by atoms with Crippen LogP contribution in [0.4, 0.5) is 0 Å². The van der Waals surface area contributed by atoms with Gasteiger partial charge in [-0.2, -0.15) is 0 Å². The van der Waals surface area contributed by atoms with Crippen LogP contribution in [0.2, 0.25) is 0 Å². The van der Waals surface area contributed by atoms with Crippen molar-refractivity contribution >= 4 is 0 Å². The number of methoxy groups -OCH3 is 1. The first kappa shape index (κ1) is 20.6. The summed E-state index contributed by atoms with van der Waals surface area (Å²) < 4.78 is 12.9. The van der Waals surface area contributed by atoms with Gasteiger partial charge in [0.05, 0.1) is 19.4 Å². The highest BCUT2D eigenvalue weighted by Gasteiger charge is 2.09. The molecule has 1 aromatic heterocycles. The van der Waals surface area contributed by atoms with E-state index in [4.69, 9.17) is 9.47 Å². The van der Waals surface area contributed by atoms with E-state index in [-0.39, 0.29) is 5.56 Å². The number of aromatic nitrogens is 2. The maximum atomic E-state index is 12.9. The van der Waals surface area contributed by atoms with Gasteiger partial charge in [-0.15, -0.1) is 0 Å². The summed E-state index contributed by atoms with van der Waals surface area (Å²) in [7, 11) is 1.66. The summed E-state index contributed by atoms with van der Waals surface area (Å²) in [4.78, 5) is 17.2. The number of hydrogen-bond acceptors (Lipinski definition) is 4. The molecule has 0 fully saturated rings. The Kier molecular flexibility index (Phi) is 7.45. The number of unbranched alkanes of at least 4 members (excludes halogenated alkanes) is 1. The highest BCUT2D eigenvalue weighted by molar-refractivity contribution is 5.45. The predicted octanol–water partition coefficient (Wildman–Crippen LogP) is 4.60. The van der Waals surface area contributed by atoms with Gasteiger partial charge >= 0.3 is 0 Å². The number of nitrogens with zero attached hydrogens (tertiary/aromatic N) is 2. The molecule has 3 rings (SSSR count). The molecule has 0 aliphatic carbocycles. The second kappa shape index (κ2) is 10.5. The highest BCUT2D eigenvalue weighted by Crippen LogP contribution is 2.23. The van der Waals surface area contributed by atoms with Gasteiger partial charge < -0.3 is 9.47 Å². The standard InChI is InChI=1S/C24H28N2O3/c1-3-9-19-13-14-20(18-23(19)28-2)26-16-15-25-22(24(26)27)12-7-8-17-29-21-10-5-4-6-11-21/h4-6,10-11,13-16,18H,3,7-9,12,17H2,1-2H3. The van der Waals surface area contributed by atoms with Gasteiger partial charge in [0.25, 0.3) is 5.56 Å². The Labute approximate surface area is 172 Å². The third-order valence-electron chi connectivity index (χ3n) is 4.80. The van der Waals surface area contributed by atoms with Gasteiger partial charge in [-0.05, 0) is 49.4 Å². The third kappa shape index (κ3) is 5.47. The maximum absolute atomic E-state index is 12.9. The van der Waals surface area contributed by atoms with E-state index >= 15 is 0 Å². The van der Waals surface area contributed by atoms with Crippen molar-refractivity contribution in [3.63, 3.8) is 0 Å². The van der Waals surface area contributed by atoms with Gasteiger partial charge in [0.2, 0.25) is 0 Å². The van der Waals surface area contributed by atoms with Gasteiger partial charge in [-0.1, -0.05) is 37.6 Å². The van der Waals surface area contributed by atoms with E-state index in [0.717, 1.165) is 48.4 Å². The molecular weight excluding hydrogens is 364 g/mol. The largest absolute Gasteiger partial charge is 0.496 e. The molecule has 29 heavy (non-hydrogen) atoms. The number of aryl methyl sites for hydroxylation is 2. The average molecular weight is 392 g/mol. The van der Waals surface area contributed by atoms with Crippen molar-refractivity contribution in [1.82, 2.24) is 9.55 Å². The molecule has 5 heteroatoms. The first-order chi connectivity index (χ1) is 14.2. The molecule has 0 amide bonds. The van der Waals surface area contributed by atoms with Crippen LogP contribution >= 0.6 is 0 Å². The van der Waals surface area contributed by atoms with E-state index in [1.165, 1.54) is 0 Å². The topological polar surface area (TPSA) is 53.4 Å². The second-order valence-electron chi connectivity index (χ2n) is 6.91. The van der Waals surface area contributed by atoms with Crippen molar-refractivity contribution in [2.45, 2.75) is 39.0 Å². The average Bonchev–Trinajstić information content (AvgIpc) is 2.76. The quantitative estimate of drug-likeness (QED) is 0.473. The van der Waals surface area contributed by atoms with Crippen LogP contribution < -0.4 is 15.0 Å². The van der Waals surface area contributed by atoms with Gasteiger partial charge in [0.1, 0.15) is 17.2 Å². The molecule has 0 spiro atoms. The van der Waals surface area contributed by atoms with Crippen molar-refractivity contribution in [2.75, 3.05) is 13.7 Å². The molecule has 0 saturated carbocycles. The molecule has 5 nitrogen and oxygen atoms in total. The summed E-state index contributed by atoms with van der Waals surface area (Å²) in [6, 6.07) is 15.7. The summed E-state index contributed by atoms with van der Waals surface area (Å²) in [5.74, 6) is 1.68. The minimum Gasteiger partial charge on any atom is -0.496 e. The fourth-order valence-electron chi connectivity index (χ4n) is 3.29. The van der Waals surface area contributed by atoms with Crippen LogP contribution in [0.5, 0.6) is 11.5 Å². The summed E-state index contributed by atoms with van der Waals surface area (Å²) >= 11 is 0. The zero-order chi connectivity index (χ0) is 20.5. The lowest BCUT2D eigenvalue weighted by Crippen LogP contribution is -2.23. The fourth-order valence-corrected chi connectivity index (χ4v) is 3.29. The number of rotatable bonds is 10. The van der Waals surface area contributed by atoms with Crippen LogP contribution in [-0.4, -0.2) is 23.3 Å². The predicted molar refractivity (Wildman–Crippen MR) is 115 cm³/mol. The van der Waals surface area contributed by atoms with Crippen LogP contribution in [0.25, 0.3) is 5.69 Å². The monoisotopic (exact) mass is 392 g/mol. The molecule has 0 radical (unpaired) electrons. The lowest BCUT2D eigenvalue weighted by Gasteiger charge is -2.12. The normalized spacial score (nSPS) is 10.7. The van der Waals surface area contributed by atoms with Gasteiger partial charge in [-0.3, -0.25) is 14.3 Å². The Morgan fingerprint density at radius 3 is 2.62 bits per heavy atom. The smallest absolute Gasteiger partial charge is 0.276 e. The number of para-hydroxylation sites is 1. The maximum Gasteiger partial charge on any atom is 0.276 e. The van der Waals surface area contributed by atoms with Crippen LogP contribution in [0.15, 0.2) is 65.7 Å². The van der Waals surface area contributed by atoms with E-state index in [9.17, 15) is 4.79 Å². The Morgan fingerprint density at radius 1 is 1.03 bits per heavy atom. The second-order valence-corrected chi connectivity index (χ2v) is 6.91. The molecular formula is C24H28N2O3. The van der Waals surface area contributed by atoms with E-state index in [0.29, 0.717) is 18.7 Å². The van der Waals surface area contributed by atoms with Gasteiger partial charge in [0.15, 0.2) is 0 Å².